The molecule has 1 unspecified atom stereocenters. The van der Waals surface area contributed by atoms with Crippen molar-refractivity contribution in [2.45, 2.75) is 58.5 Å². The molecule has 5 heteroatoms. The molecule has 0 saturated carbocycles. The van der Waals surface area contributed by atoms with E-state index in [9.17, 15) is 9.90 Å². The van der Waals surface area contributed by atoms with Crippen LogP contribution in [0.1, 0.15) is 46.0 Å². The summed E-state index contributed by atoms with van der Waals surface area (Å²) >= 11 is 0. The van der Waals surface area contributed by atoms with E-state index >= 15 is 0 Å². The minimum absolute atomic E-state index is 0.0425. The van der Waals surface area contributed by atoms with Gasteiger partial charge >= 0.3 is 0 Å². The standard InChI is InChI=1S/C16H25N3O2/c1-3-4-5-7-14-13(2)15(20)16(21)19(14)10-6-9-18-11-8-17-12-18/h8,11-12,14,20H,3-7,9-10H2,1-2H3. The number of nitrogens with zero attached hydrogens (tertiary/aromatic N) is 3. The molecule has 1 amide bonds. The molecule has 5 nitrogen and oxygen atoms in total. The van der Waals surface area contributed by atoms with Crippen molar-refractivity contribution in [2.75, 3.05) is 6.54 Å². The second-order valence-corrected chi connectivity index (χ2v) is 5.70. The largest absolute Gasteiger partial charge is 0.503 e. The summed E-state index contributed by atoms with van der Waals surface area (Å²) < 4.78 is 2.01. The van der Waals surface area contributed by atoms with E-state index in [0.29, 0.717) is 6.54 Å². The fourth-order valence-corrected chi connectivity index (χ4v) is 2.90. The van der Waals surface area contributed by atoms with Crippen molar-refractivity contribution in [2.24, 2.45) is 0 Å². The lowest BCUT2D eigenvalue weighted by atomic mass is 10.0. The van der Waals surface area contributed by atoms with Gasteiger partial charge in [-0.1, -0.05) is 26.2 Å². The number of aliphatic hydroxyl groups is 1. The molecule has 2 rings (SSSR count). The maximum absolute atomic E-state index is 12.2. The highest BCUT2D eigenvalue weighted by molar-refractivity contribution is 5.95. The molecule has 1 aromatic rings. The molecule has 0 spiro atoms. The molecule has 1 aliphatic heterocycles. The van der Waals surface area contributed by atoms with Gasteiger partial charge in [0, 0.05) is 25.5 Å². The summed E-state index contributed by atoms with van der Waals surface area (Å²) in [5.74, 6) is -0.251. The van der Waals surface area contributed by atoms with Gasteiger partial charge in [-0.25, -0.2) is 4.98 Å². The molecule has 1 aromatic heterocycles. The first-order valence-corrected chi connectivity index (χ1v) is 7.81. The zero-order valence-electron chi connectivity index (χ0n) is 13.0. The molecule has 0 saturated heterocycles. The Morgan fingerprint density at radius 2 is 2.10 bits per heavy atom. The Morgan fingerprint density at radius 3 is 2.76 bits per heavy atom. The number of amides is 1. The van der Waals surface area contributed by atoms with Crippen LogP contribution in [0.2, 0.25) is 0 Å². The molecule has 0 bridgehead atoms. The number of aromatic nitrogens is 2. The van der Waals surface area contributed by atoms with E-state index in [-0.39, 0.29) is 17.7 Å². The van der Waals surface area contributed by atoms with E-state index < -0.39 is 0 Å². The number of imidazole rings is 1. The highest BCUT2D eigenvalue weighted by Gasteiger charge is 2.36. The molecular weight excluding hydrogens is 266 g/mol. The summed E-state index contributed by atoms with van der Waals surface area (Å²) in [6, 6.07) is 0.0758. The zero-order valence-corrected chi connectivity index (χ0v) is 13.0. The van der Waals surface area contributed by atoms with Crippen LogP contribution < -0.4 is 0 Å². The second-order valence-electron chi connectivity index (χ2n) is 5.70. The lowest BCUT2D eigenvalue weighted by molar-refractivity contribution is -0.129. The Kier molecular flexibility index (Phi) is 5.42. The number of carbonyl (C=O) groups is 1. The molecule has 1 N–H and O–H groups in total. The molecule has 0 fully saturated rings. The normalized spacial score (nSPS) is 18.9. The zero-order chi connectivity index (χ0) is 15.2. The van der Waals surface area contributed by atoms with Crippen molar-refractivity contribution in [3.8, 4) is 0 Å². The minimum Gasteiger partial charge on any atom is -0.503 e. The van der Waals surface area contributed by atoms with E-state index in [1.54, 1.807) is 12.5 Å². The molecular formula is C16H25N3O2. The predicted molar refractivity (Wildman–Crippen MR) is 81.8 cm³/mol. The summed E-state index contributed by atoms with van der Waals surface area (Å²) in [6.07, 6.45) is 10.7. The van der Waals surface area contributed by atoms with Crippen LogP contribution in [0.3, 0.4) is 0 Å². The van der Waals surface area contributed by atoms with Gasteiger partial charge in [0.15, 0.2) is 5.76 Å². The summed E-state index contributed by atoms with van der Waals surface area (Å²) in [5, 5.41) is 9.92. The van der Waals surface area contributed by atoms with Gasteiger partial charge in [0.1, 0.15) is 0 Å². The molecule has 116 valence electrons. The van der Waals surface area contributed by atoms with Crippen LogP contribution in [-0.4, -0.2) is 38.1 Å². The van der Waals surface area contributed by atoms with Crippen molar-refractivity contribution in [1.82, 2.24) is 14.5 Å². The van der Waals surface area contributed by atoms with Crippen LogP contribution in [0.5, 0.6) is 0 Å². The number of rotatable bonds is 8. The average Bonchev–Trinajstić information content (AvgIpc) is 3.06. The lowest BCUT2D eigenvalue weighted by Gasteiger charge is -2.26. The fourth-order valence-electron chi connectivity index (χ4n) is 2.90. The van der Waals surface area contributed by atoms with Crippen molar-refractivity contribution in [3.63, 3.8) is 0 Å². The Balaban J connectivity index is 1.90. The van der Waals surface area contributed by atoms with E-state index in [4.69, 9.17) is 0 Å². The Morgan fingerprint density at radius 1 is 1.29 bits per heavy atom. The average molecular weight is 291 g/mol. The van der Waals surface area contributed by atoms with Crippen LogP contribution in [0.15, 0.2) is 30.1 Å². The Bertz CT molecular complexity index is 494. The monoisotopic (exact) mass is 291 g/mol. The van der Waals surface area contributed by atoms with Crippen molar-refractivity contribution in [1.29, 1.82) is 0 Å². The van der Waals surface area contributed by atoms with Crippen LogP contribution in [-0.2, 0) is 11.3 Å². The van der Waals surface area contributed by atoms with Crippen LogP contribution in [0.25, 0.3) is 0 Å². The maximum atomic E-state index is 12.2. The van der Waals surface area contributed by atoms with E-state index in [2.05, 4.69) is 11.9 Å². The number of unbranched alkanes of at least 4 members (excludes halogenated alkanes) is 2. The first-order valence-electron chi connectivity index (χ1n) is 7.81. The van der Waals surface area contributed by atoms with Gasteiger partial charge in [-0.2, -0.15) is 0 Å². The molecule has 0 radical (unpaired) electrons. The third kappa shape index (κ3) is 3.65. The molecule has 1 aliphatic rings. The number of aliphatic hydroxyl groups excluding tert-OH is 1. The highest BCUT2D eigenvalue weighted by Crippen LogP contribution is 2.28. The van der Waals surface area contributed by atoms with Gasteiger partial charge in [-0.15, -0.1) is 0 Å². The second kappa shape index (κ2) is 7.29. The first kappa shape index (κ1) is 15.6. The van der Waals surface area contributed by atoms with Gasteiger partial charge in [0.25, 0.3) is 5.91 Å². The maximum Gasteiger partial charge on any atom is 0.289 e. The van der Waals surface area contributed by atoms with Gasteiger partial charge in [0.2, 0.25) is 0 Å². The topological polar surface area (TPSA) is 58.4 Å². The molecule has 0 aromatic carbocycles. The fraction of sp³-hybridized carbons (Fsp3) is 0.625. The minimum atomic E-state index is -0.209. The molecule has 0 aliphatic carbocycles. The van der Waals surface area contributed by atoms with E-state index in [1.807, 2.05) is 22.6 Å². The van der Waals surface area contributed by atoms with E-state index in [1.165, 1.54) is 6.42 Å². The smallest absolute Gasteiger partial charge is 0.289 e. The Hall–Kier alpha value is -1.78. The van der Waals surface area contributed by atoms with Gasteiger partial charge in [0.05, 0.1) is 12.4 Å². The van der Waals surface area contributed by atoms with Crippen molar-refractivity contribution < 1.29 is 9.90 Å². The third-order valence-corrected chi connectivity index (χ3v) is 4.17. The first-order chi connectivity index (χ1) is 10.1. The summed E-state index contributed by atoms with van der Waals surface area (Å²) in [6.45, 7) is 5.56. The van der Waals surface area contributed by atoms with Crippen molar-refractivity contribution in [3.05, 3.63) is 30.1 Å². The molecule has 21 heavy (non-hydrogen) atoms. The SMILES string of the molecule is CCCCCC1C(C)=C(O)C(=O)N1CCCn1ccnc1. The molecule has 1 atom stereocenters. The quantitative estimate of drug-likeness (QED) is 0.749. The Labute approximate surface area is 126 Å². The van der Waals surface area contributed by atoms with Crippen molar-refractivity contribution >= 4 is 5.91 Å². The van der Waals surface area contributed by atoms with Gasteiger partial charge in [-0.3, -0.25) is 4.79 Å². The van der Waals surface area contributed by atoms with Crippen LogP contribution in [0, 0.1) is 0 Å². The predicted octanol–water partition coefficient (Wildman–Crippen LogP) is 2.90. The number of carbonyl (C=O) groups excluding carboxylic acids is 1. The van der Waals surface area contributed by atoms with Crippen LogP contribution in [0.4, 0.5) is 0 Å². The highest BCUT2D eigenvalue weighted by atomic mass is 16.3. The third-order valence-electron chi connectivity index (χ3n) is 4.17. The summed E-state index contributed by atoms with van der Waals surface area (Å²) in [5.41, 5.74) is 0.832. The van der Waals surface area contributed by atoms with E-state index in [0.717, 1.165) is 37.8 Å². The number of aryl methyl sites for hydroxylation is 1. The summed E-state index contributed by atoms with van der Waals surface area (Å²) in [4.78, 5) is 18.0. The van der Waals surface area contributed by atoms with Gasteiger partial charge < -0.3 is 14.6 Å². The van der Waals surface area contributed by atoms with Gasteiger partial charge in [-0.05, 0) is 25.3 Å². The summed E-state index contributed by atoms with van der Waals surface area (Å²) in [7, 11) is 0. The van der Waals surface area contributed by atoms with Crippen LogP contribution >= 0.6 is 0 Å². The number of hydrogen-bond donors (Lipinski definition) is 1. The number of hydrogen-bond acceptors (Lipinski definition) is 3. The molecule has 2 heterocycles. The lowest BCUT2D eigenvalue weighted by Crippen LogP contribution is -2.36.